The van der Waals surface area contributed by atoms with E-state index in [9.17, 15) is 9.59 Å². The fourth-order valence-electron chi connectivity index (χ4n) is 3.12. The molecule has 0 spiro atoms. The van der Waals surface area contributed by atoms with Crippen molar-refractivity contribution in [2.24, 2.45) is 0 Å². The van der Waals surface area contributed by atoms with Gasteiger partial charge < -0.3 is 24.3 Å². The van der Waals surface area contributed by atoms with Crippen LogP contribution in [0.5, 0.6) is 11.5 Å². The van der Waals surface area contributed by atoms with Gasteiger partial charge in [-0.2, -0.15) is 0 Å². The summed E-state index contributed by atoms with van der Waals surface area (Å²) in [6, 6.07) is 5.21. The second-order valence-electron chi connectivity index (χ2n) is 5.73. The van der Waals surface area contributed by atoms with Crippen LogP contribution in [0, 0.1) is 0 Å². The molecule has 0 atom stereocenters. The van der Waals surface area contributed by atoms with Crippen molar-refractivity contribution >= 4 is 11.9 Å². The molecule has 0 aliphatic carbocycles. The topological polar surface area (TPSA) is 83.1 Å². The molecule has 7 nitrogen and oxygen atoms in total. The summed E-state index contributed by atoms with van der Waals surface area (Å²) in [5.74, 6) is -0.685. The minimum absolute atomic E-state index is 0.321. The average molecular weight is 361 g/mol. The summed E-state index contributed by atoms with van der Waals surface area (Å²) >= 11 is 0. The first-order valence-corrected chi connectivity index (χ1v) is 7.96. The van der Waals surface area contributed by atoms with Crippen molar-refractivity contribution in [2.75, 3.05) is 28.4 Å². The molecule has 0 saturated heterocycles. The van der Waals surface area contributed by atoms with Gasteiger partial charge >= 0.3 is 11.9 Å². The second-order valence-corrected chi connectivity index (χ2v) is 5.73. The molecule has 0 aromatic heterocycles. The molecule has 1 aliphatic rings. The summed E-state index contributed by atoms with van der Waals surface area (Å²) in [6.07, 6.45) is 0. The summed E-state index contributed by atoms with van der Waals surface area (Å²) in [5.41, 5.74) is 2.48. The van der Waals surface area contributed by atoms with E-state index in [1.807, 2.05) is 0 Å². The molecular weight excluding hydrogens is 338 g/mol. The molecule has 26 heavy (non-hydrogen) atoms. The van der Waals surface area contributed by atoms with Crippen molar-refractivity contribution in [2.45, 2.75) is 19.8 Å². The monoisotopic (exact) mass is 361 g/mol. The van der Waals surface area contributed by atoms with E-state index in [0.29, 0.717) is 39.6 Å². The van der Waals surface area contributed by atoms with Crippen molar-refractivity contribution in [3.05, 3.63) is 46.3 Å². The van der Waals surface area contributed by atoms with Gasteiger partial charge in [0.2, 0.25) is 0 Å². The van der Waals surface area contributed by atoms with E-state index in [0.717, 1.165) is 0 Å². The quantitative estimate of drug-likeness (QED) is 0.806. The fourth-order valence-corrected chi connectivity index (χ4v) is 3.12. The van der Waals surface area contributed by atoms with Crippen LogP contribution >= 0.6 is 0 Å². The van der Waals surface area contributed by atoms with Gasteiger partial charge in [-0.1, -0.05) is 6.07 Å². The molecule has 140 valence electrons. The van der Waals surface area contributed by atoms with Gasteiger partial charge in [-0.15, -0.1) is 0 Å². The third-order valence-corrected chi connectivity index (χ3v) is 4.32. The maximum Gasteiger partial charge on any atom is 0.336 e. The normalized spacial score (nSPS) is 14.7. The van der Waals surface area contributed by atoms with Gasteiger partial charge in [-0.25, -0.2) is 9.59 Å². The van der Waals surface area contributed by atoms with Gasteiger partial charge in [-0.05, 0) is 19.9 Å². The van der Waals surface area contributed by atoms with Gasteiger partial charge in [0.15, 0.2) is 0 Å². The Kier molecular flexibility index (Phi) is 5.92. The number of ether oxygens (including phenoxy) is 4. The molecule has 0 fully saturated rings. The second kappa shape index (κ2) is 7.95. The number of dihydropyridines is 1. The third-order valence-electron chi connectivity index (χ3n) is 4.32. The summed E-state index contributed by atoms with van der Waals surface area (Å²) in [5, 5.41) is 3.06. The number of carbonyl (C=O) groups excluding carboxylic acids is 2. The van der Waals surface area contributed by atoms with E-state index in [-0.39, 0.29) is 0 Å². The van der Waals surface area contributed by atoms with Gasteiger partial charge in [-0.3, -0.25) is 0 Å². The van der Waals surface area contributed by atoms with E-state index in [2.05, 4.69) is 5.32 Å². The van der Waals surface area contributed by atoms with Crippen molar-refractivity contribution < 1.29 is 28.5 Å². The van der Waals surface area contributed by atoms with E-state index in [4.69, 9.17) is 18.9 Å². The lowest BCUT2D eigenvalue weighted by atomic mass is 9.80. The zero-order chi connectivity index (χ0) is 19.4. The molecule has 1 aromatic carbocycles. The van der Waals surface area contributed by atoms with Crippen LogP contribution in [0.25, 0.3) is 0 Å². The van der Waals surface area contributed by atoms with Crippen molar-refractivity contribution in [3.63, 3.8) is 0 Å². The van der Waals surface area contributed by atoms with Gasteiger partial charge in [0, 0.05) is 23.0 Å². The average Bonchev–Trinajstić information content (AvgIpc) is 2.65. The van der Waals surface area contributed by atoms with Crippen LogP contribution in [-0.2, 0) is 19.1 Å². The molecule has 0 radical (unpaired) electrons. The van der Waals surface area contributed by atoms with Crippen molar-refractivity contribution in [1.82, 2.24) is 5.32 Å². The van der Waals surface area contributed by atoms with E-state index in [1.165, 1.54) is 21.3 Å². The highest BCUT2D eigenvalue weighted by molar-refractivity contribution is 6.00. The largest absolute Gasteiger partial charge is 0.497 e. The van der Waals surface area contributed by atoms with Crippen LogP contribution in [-0.4, -0.2) is 40.4 Å². The molecule has 2 rings (SSSR count). The Morgan fingerprint density at radius 2 is 1.42 bits per heavy atom. The number of methoxy groups -OCH3 is 4. The predicted molar refractivity (Wildman–Crippen MR) is 94.9 cm³/mol. The van der Waals surface area contributed by atoms with Crippen LogP contribution in [0.3, 0.4) is 0 Å². The Hall–Kier alpha value is -2.96. The minimum Gasteiger partial charge on any atom is -0.497 e. The Morgan fingerprint density at radius 3 is 1.85 bits per heavy atom. The lowest BCUT2D eigenvalue weighted by molar-refractivity contribution is -0.137. The highest BCUT2D eigenvalue weighted by atomic mass is 16.5. The first-order chi connectivity index (χ1) is 12.4. The number of hydrogen-bond donors (Lipinski definition) is 1. The molecule has 0 bridgehead atoms. The molecule has 0 unspecified atom stereocenters. The Morgan fingerprint density at radius 1 is 0.885 bits per heavy atom. The molecule has 1 N–H and O–H groups in total. The number of carbonyl (C=O) groups is 2. The Balaban J connectivity index is 2.76. The fraction of sp³-hybridized carbons (Fsp3) is 0.368. The molecule has 0 amide bonds. The molecule has 1 heterocycles. The highest BCUT2D eigenvalue weighted by Gasteiger charge is 2.39. The first-order valence-electron chi connectivity index (χ1n) is 7.96. The van der Waals surface area contributed by atoms with Crippen LogP contribution in [0.1, 0.15) is 25.3 Å². The Labute approximate surface area is 152 Å². The Bertz CT molecular complexity index is 755. The summed E-state index contributed by atoms with van der Waals surface area (Å²) in [4.78, 5) is 25.0. The summed E-state index contributed by atoms with van der Waals surface area (Å²) in [7, 11) is 5.66. The number of hydrogen-bond acceptors (Lipinski definition) is 7. The minimum atomic E-state index is -0.697. The van der Waals surface area contributed by atoms with Gasteiger partial charge in [0.25, 0.3) is 0 Å². The van der Waals surface area contributed by atoms with Gasteiger partial charge in [0.05, 0.1) is 45.5 Å². The van der Waals surface area contributed by atoms with E-state index in [1.54, 1.807) is 39.2 Å². The van der Waals surface area contributed by atoms with E-state index < -0.39 is 17.9 Å². The SMILES string of the molecule is COC(=O)C1=C(C)NC(C)=C(C(=O)OC)C1c1ccc(OC)cc1OC. The zero-order valence-electron chi connectivity index (χ0n) is 15.8. The number of esters is 2. The lowest BCUT2D eigenvalue weighted by Gasteiger charge is -2.30. The van der Waals surface area contributed by atoms with Crippen LogP contribution in [0.4, 0.5) is 0 Å². The third kappa shape index (κ3) is 3.37. The van der Waals surface area contributed by atoms with Crippen LogP contribution in [0.2, 0.25) is 0 Å². The van der Waals surface area contributed by atoms with Crippen LogP contribution < -0.4 is 14.8 Å². The number of benzene rings is 1. The molecule has 0 saturated carbocycles. The number of nitrogens with one attached hydrogen (secondary N) is 1. The maximum atomic E-state index is 12.5. The van der Waals surface area contributed by atoms with Crippen molar-refractivity contribution in [3.8, 4) is 11.5 Å². The van der Waals surface area contributed by atoms with Gasteiger partial charge in [0.1, 0.15) is 11.5 Å². The van der Waals surface area contributed by atoms with Crippen LogP contribution in [0.15, 0.2) is 40.7 Å². The molecule has 1 aliphatic heterocycles. The molecule has 1 aromatic rings. The zero-order valence-corrected chi connectivity index (χ0v) is 15.8. The number of rotatable bonds is 5. The standard InChI is InChI=1S/C19H23NO6/c1-10-15(18(21)25-5)17(16(11(2)20-10)19(22)26-6)13-8-7-12(23-3)9-14(13)24-4/h7-9,17,20H,1-6H3. The molecule has 7 heteroatoms. The van der Waals surface area contributed by atoms with E-state index >= 15 is 0 Å². The smallest absolute Gasteiger partial charge is 0.336 e. The number of allylic oxidation sites excluding steroid dienone is 2. The summed E-state index contributed by atoms with van der Waals surface area (Å²) < 4.78 is 20.6. The maximum absolute atomic E-state index is 12.5. The van der Waals surface area contributed by atoms with Crippen molar-refractivity contribution in [1.29, 1.82) is 0 Å². The highest BCUT2D eigenvalue weighted by Crippen LogP contribution is 2.43. The lowest BCUT2D eigenvalue weighted by Crippen LogP contribution is -2.32. The summed E-state index contributed by atoms with van der Waals surface area (Å²) in [6.45, 7) is 3.51. The first kappa shape index (κ1) is 19.4. The predicted octanol–water partition coefficient (Wildman–Crippen LogP) is 2.28. The molecular formula is C19H23NO6.